The summed E-state index contributed by atoms with van der Waals surface area (Å²) in [5.74, 6) is 2.28. The van der Waals surface area contributed by atoms with Crippen molar-refractivity contribution in [3.63, 3.8) is 0 Å². The molecule has 8 heteroatoms. The van der Waals surface area contributed by atoms with Gasteiger partial charge in [-0.05, 0) is 18.6 Å². The van der Waals surface area contributed by atoms with Gasteiger partial charge in [0.25, 0.3) is 5.69 Å². The summed E-state index contributed by atoms with van der Waals surface area (Å²) >= 11 is 0. The Bertz CT molecular complexity index is 634. The zero-order chi connectivity index (χ0) is 14.6. The van der Waals surface area contributed by atoms with Crippen molar-refractivity contribution in [1.82, 2.24) is 4.72 Å². The quantitative estimate of drug-likeness (QED) is 0.360. The molecule has 1 rings (SSSR count). The molecule has 0 radical (unpaired) electrons. The van der Waals surface area contributed by atoms with E-state index in [4.69, 9.17) is 12.2 Å². The van der Waals surface area contributed by atoms with Crippen molar-refractivity contribution in [2.45, 2.75) is 24.3 Å². The lowest BCUT2D eigenvalue weighted by Crippen LogP contribution is -2.33. The molecule has 1 unspecified atom stereocenters. The number of terminal acetylenes is 1. The molecule has 0 amide bonds. The second-order valence-electron chi connectivity index (χ2n) is 3.73. The van der Waals surface area contributed by atoms with E-state index in [0.717, 1.165) is 6.07 Å². The zero-order valence-electron chi connectivity index (χ0n) is 10.2. The second kappa shape index (κ2) is 5.69. The first-order valence-corrected chi connectivity index (χ1v) is 6.82. The van der Waals surface area contributed by atoms with Crippen LogP contribution in [0.15, 0.2) is 23.1 Å². The Hall–Kier alpha value is -2.11. The molecule has 102 valence electrons. The summed E-state index contributed by atoms with van der Waals surface area (Å²) < 4.78 is 26.2. The molecule has 1 atom stereocenters. The minimum atomic E-state index is -3.91. The Balaban J connectivity index is 3.20. The number of nitro groups is 1. The molecule has 7 nitrogen and oxygen atoms in total. The third-order valence-corrected chi connectivity index (χ3v) is 3.89. The van der Waals surface area contributed by atoms with Crippen molar-refractivity contribution in [3.05, 3.63) is 28.3 Å². The third-order valence-electron chi connectivity index (χ3n) is 2.42. The predicted octanol–water partition coefficient (Wildman–Crippen LogP) is 0.867. The predicted molar refractivity (Wildman–Crippen MR) is 70.7 cm³/mol. The van der Waals surface area contributed by atoms with E-state index in [0.29, 0.717) is 6.42 Å². The third kappa shape index (κ3) is 3.43. The molecule has 0 saturated carbocycles. The first kappa shape index (κ1) is 14.9. The summed E-state index contributed by atoms with van der Waals surface area (Å²) in [7, 11) is -3.91. The van der Waals surface area contributed by atoms with Gasteiger partial charge in [0.05, 0.1) is 15.9 Å². The topological polar surface area (TPSA) is 115 Å². The fourth-order valence-electron chi connectivity index (χ4n) is 1.34. The summed E-state index contributed by atoms with van der Waals surface area (Å²) in [5.41, 5.74) is 4.83. The van der Waals surface area contributed by atoms with Gasteiger partial charge in [-0.15, -0.1) is 6.42 Å². The molecule has 19 heavy (non-hydrogen) atoms. The molecule has 0 heterocycles. The van der Waals surface area contributed by atoms with Gasteiger partial charge in [0.2, 0.25) is 10.0 Å². The maximum Gasteiger partial charge on any atom is 0.293 e. The molecule has 0 aromatic heterocycles. The highest BCUT2D eigenvalue weighted by Gasteiger charge is 2.22. The smallest absolute Gasteiger partial charge is 0.293 e. The zero-order valence-corrected chi connectivity index (χ0v) is 11.0. The molecule has 0 aliphatic rings. The number of benzene rings is 1. The first-order chi connectivity index (χ1) is 8.81. The maximum absolute atomic E-state index is 12.0. The van der Waals surface area contributed by atoms with Gasteiger partial charge >= 0.3 is 0 Å². The number of hydrogen-bond acceptors (Lipinski definition) is 5. The lowest BCUT2D eigenvalue weighted by Gasteiger charge is -2.11. The van der Waals surface area contributed by atoms with Gasteiger partial charge in [-0.25, -0.2) is 8.42 Å². The van der Waals surface area contributed by atoms with Crippen LogP contribution in [0.2, 0.25) is 0 Å². The number of nitrogens with one attached hydrogen (secondary N) is 1. The number of nitrogens with zero attached hydrogens (tertiary/aromatic N) is 1. The summed E-state index contributed by atoms with van der Waals surface area (Å²) in [6.45, 7) is 1.72. The number of nitrogen functional groups attached to an aromatic ring is 1. The van der Waals surface area contributed by atoms with Crippen LogP contribution in [0.5, 0.6) is 0 Å². The highest BCUT2D eigenvalue weighted by Crippen LogP contribution is 2.24. The van der Waals surface area contributed by atoms with Crippen molar-refractivity contribution in [2.24, 2.45) is 0 Å². The van der Waals surface area contributed by atoms with E-state index < -0.39 is 26.7 Å². The van der Waals surface area contributed by atoms with E-state index in [9.17, 15) is 18.5 Å². The Morgan fingerprint density at radius 3 is 2.68 bits per heavy atom. The molecular weight excluding hydrogens is 270 g/mol. The molecular formula is C11H13N3O4S. The SMILES string of the molecule is C#CC(CC)NS(=O)(=O)c1ccc(N)c([N+](=O)[O-])c1. The van der Waals surface area contributed by atoms with Crippen molar-refractivity contribution in [2.75, 3.05) is 5.73 Å². The average Bonchev–Trinajstić information content (AvgIpc) is 2.35. The van der Waals surface area contributed by atoms with Crippen molar-refractivity contribution < 1.29 is 13.3 Å². The highest BCUT2D eigenvalue weighted by atomic mass is 32.2. The van der Waals surface area contributed by atoms with Gasteiger partial charge in [0.1, 0.15) is 5.69 Å². The van der Waals surface area contributed by atoms with E-state index >= 15 is 0 Å². The van der Waals surface area contributed by atoms with Gasteiger partial charge in [0, 0.05) is 6.07 Å². The van der Waals surface area contributed by atoms with Crippen LogP contribution in [0.3, 0.4) is 0 Å². The number of anilines is 1. The first-order valence-electron chi connectivity index (χ1n) is 5.34. The molecule has 0 spiro atoms. The van der Waals surface area contributed by atoms with Gasteiger partial charge < -0.3 is 5.73 Å². The van der Waals surface area contributed by atoms with Crippen LogP contribution in [0.4, 0.5) is 11.4 Å². The Morgan fingerprint density at radius 2 is 2.21 bits per heavy atom. The lowest BCUT2D eigenvalue weighted by molar-refractivity contribution is -0.384. The van der Waals surface area contributed by atoms with Crippen LogP contribution in [0.25, 0.3) is 0 Å². The minimum absolute atomic E-state index is 0.104. The van der Waals surface area contributed by atoms with Crippen LogP contribution >= 0.6 is 0 Å². The Labute approximate surface area is 111 Å². The van der Waals surface area contributed by atoms with Gasteiger partial charge in [-0.2, -0.15) is 4.72 Å². The molecule has 1 aromatic rings. The summed E-state index contributed by atoms with van der Waals surface area (Å²) in [6, 6.07) is 2.60. The van der Waals surface area contributed by atoms with Crippen molar-refractivity contribution >= 4 is 21.4 Å². The molecule has 0 aliphatic heterocycles. The van der Waals surface area contributed by atoms with E-state index in [2.05, 4.69) is 10.6 Å². The molecule has 0 fully saturated rings. The fourth-order valence-corrected chi connectivity index (χ4v) is 2.60. The summed E-state index contributed by atoms with van der Waals surface area (Å²) in [5, 5.41) is 10.7. The van der Waals surface area contributed by atoms with Gasteiger partial charge in [-0.1, -0.05) is 12.8 Å². The molecule has 0 bridgehead atoms. The van der Waals surface area contributed by atoms with Crippen LogP contribution in [-0.4, -0.2) is 19.4 Å². The van der Waals surface area contributed by atoms with Crippen LogP contribution in [-0.2, 0) is 10.0 Å². The van der Waals surface area contributed by atoms with E-state index in [1.54, 1.807) is 6.92 Å². The van der Waals surface area contributed by atoms with Crippen molar-refractivity contribution in [1.29, 1.82) is 0 Å². The number of hydrogen-bond donors (Lipinski definition) is 2. The normalized spacial score (nSPS) is 12.6. The van der Waals surface area contributed by atoms with Crippen LogP contribution in [0.1, 0.15) is 13.3 Å². The van der Waals surface area contributed by atoms with E-state index in [1.165, 1.54) is 12.1 Å². The molecule has 3 N–H and O–H groups in total. The number of rotatable bonds is 5. The van der Waals surface area contributed by atoms with Gasteiger partial charge in [0.15, 0.2) is 0 Å². The molecule has 1 aromatic carbocycles. The van der Waals surface area contributed by atoms with Crippen molar-refractivity contribution in [3.8, 4) is 12.3 Å². The van der Waals surface area contributed by atoms with E-state index in [-0.39, 0.29) is 10.6 Å². The standard InChI is InChI=1S/C11H13N3O4S/c1-3-8(4-2)13-19(17,18)9-5-6-10(12)11(7-9)14(15)16/h1,5-8,13H,4,12H2,2H3. The lowest BCUT2D eigenvalue weighted by atomic mass is 10.3. The fraction of sp³-hybridized carbons (Fsp3) is 0.273. The number of nitrogens with two attached hydrogens (primary N) is 1. The summed E-state index contributed by atoms with van der Waals surface area (Å²) in [6.07, 6.45) is 5.58. The van der Waals surface area contributed by atoms with E-state index in [1.807, 2.05) is 0 Å². The second-order valence-corrected chi connectivity index (χ2v) is 5.44. The number of sulfonamides is 1. The Morgan fingerprint density at radius 1 is 1.58 bits per heavy atom. The molecule has 0 saturated heterocycles. The minimum Gasteiger partial charge on any atom is -0.393 e. The summed E-state index contributed by atoms with van der Waals surface area (Å²) in [4.78, 5) is 9.72. The highest BCUT2D eigenvalue weighted by molar-refractivity contribution is 7.89. The van der Waals surface area contributed by atoms with Gasteiger partial charge in [-0.3, -0.25) is 10.1 Å². The number of nitro benzene ring substituents is 1. The molecule has 0 aliphatic carbocycles. The van der Waals surface area contributed by atoms with Crippen LogP contribution < -0.4 is 10.5 Å². The van der Waals surface area contributed by atoms with Crippen LogP contribution in [0, 0.1) is 22.5 Å². The average molecular weight is 283 g/mol. The monoisotopic (exact) mass is 283 g/mol. The maximum atomic E-state index is 12.0. The largest absolute Gasteiger partial charge is 0.393 e. The Kier molecular flexibility index (Phi) is 4.47.